The monoisotopic (exact) mass is 172 g/mol. The summed E-state index contributed by atoms with van der Waals surface area (Å²) in [5, 5.41) is 11.8. The number of hydrogen-bond acceptors (Lipinski definition) is 4. The molecule has 1 aliphatic carbocycles. The zero-order valence-electron chi connectivity index (χ0n) is 7.36. The third-order valence-corrected chi connectivity index (χ3v) is 2.76. The van der Waals surface area contributed by atoms with Crippen LogP contribution in [0, 0.1) is 10.8 Å². The fourth-order valence-corrected chi connectivity index (χ4v) is 1.74. The summed E-state index contributed by atoms with van der Waals surface area (Å²) >= 11 is 0. The fourth-order valence-electron chi connectivity index (χ4n) is 1.74. The highest BCUT2D eigenvalue weighted by Crippen LogP contribution is 2.25. The molecule has 1 fully saturated rings. The lowest BCUT2D eigenvalue weighted by Gasteiger charge is -2.11. The number of nitrogens with zero attached hydrogens (tertiary/aromatic N) is 1. The average Bonchev–Trinajstić information content (AvgIpc) is 2.27. The van der Waals surface area contributed by atoms with Gasteiger partial charge in [-0.05, 0) is 31.6 Å². The first kappa shape index (κ1) is 9.61. The number of rotatable bonds is 2. The van der Waals surface area contributed by atoms with E-state index in [9.17, 15) is 4.91 Å². The SMILES string of the molecule is CC1CCC(NO)CCC1N=O. The summed E-state index contributed by atoms with van der Waals surface area (Å²) in [5.74, 6) is 0.362. The summed E-state index contributed by atoms with van der Waals surface area (Å²) in [6.07, 6.45) is 3.54. The van der Waals surface area contributed by atoms with Gasteiger partial charge >= 0.3 is 0 Å². The van der Waals surface area contributed by atoms with Crippen molar-refractivity contribution >= 4 is 0 Å². The van der Waals surface area contributed by atoms with E-state index in [0.717, 1.165) is 25.7 Å². The van der Waals surface area contributed by atoms with Crippen LogP contribution in [0.15, 0.2) is 5.18 Å². The van der Waals surface area contributed by atoms with E-state index < -0.39 is 0 Å². The van der Waals surface area contributed by atoms with E-state index in [2.05, 4.69) is 10.7 Å². The molecule has 0 aromatic carbocycles. The highest BCUT2D eigenvalue weighted by molar-refractivity contribution is 4.80. The molecular weight excluding hydrogens is 156 g/mol. The Hall–Kier alpha value is -0.480. The second kappa shape index (κ2) is 4.52. The Morgan fingerprint density at radius 1 is 1.33 bits per heavy atom. The second-order valence-corrected chi connectivity index (χ2v) is 3.63. The van der Waals surface area contributed by atoms with Gasteiger partial charge in [0, 0.05) is 6.04 Å². The minimum Gasteiger partial charge on any atom is -0.317 e. The van der Waals surface area contributed by atoms with Crippen LogP contribution in [0.5, 0.6) is 0 Å². The molecule has 3 atom stereocenters. The highest BCUT2D eigenvalue weighted by Gasteiger charge is 2.24. The Labute approximate surface area is 72.3 Å². The van der Waals surface area contributed by atoms with Gasteiger partial charge in [0.25, 0.3) is 0 Å². The van der Waals surface area contributed by atoms with Crippen LogP contribution in [0.2, 0.25) is 0 Å². The standard InChI is InChI=1S/C8H16N2O2/c1-6-2-3-7(9-11)4-5-8(6)10-12/h6-9,11H,2-5H2,1H3. The lowest BCUT2D eigenvalue weighted by molar-refractivity contribution is 0.118. The Kier molecular flexibility index (Phi) is 3.62. The summed E-state index contributed by atoms with van der Waals surface area (Å²) in [6.45, 7) is 2.05. The van der Waals surface area contributed by atoms with Crippen LogP contribution in [0.3, 0.4) is 0 Å². The first-order chi connectivity index (χ1) is 5.77. The van der Waals surface area contributed by atoms with Crippen LogP contribution in [-0.4, -0.2) is 17.3 Å². The topological polar surface area (TPSA) is 61.7 Å². The average molecular weight is 172 g/mol. The quantitative estimate of drug-likeness (QED) is 0.378. The Morgan fingerprint density at radius 2 is 2.00 bits per heavy atom. The van der Waals surface area contributed by atoms with Gasteiger partial charge in [-0.2, -0.15) is 4.91 Å². The van der Waals surface area contributed by atoms with E-state index >= 15 is 0 Å². The number of nitroso groups, excluding NO2 is 1. The molecule has 2 N–H and O–H groups in total. The van der Waals surface area contributed by atoms with Crippen molar-refractivity contribution in [3.63, 3.8) is 0 Å². The molecule has 12 heavy (non-hydrogen) atoms. The van der Waals surface area contributed by atoms with Gasteiger partial charge in [0.2, 0.25) is 0 Å². The zero-order valence-corrected chi connectivity index (χ0v) is 7.36. The minimum absolute atomic E-state index is 0.0525. The van der Waals surface area contributed by atoms with Crippen LogP contribution >= 0.6 is 0 Å². The van der Waals surface area contributed by atoms with Crippen molar-refractivity contribution in [1.82, 2.24) is 5.48 Å². The fraction of sp³-hybridized carbons (Fsp3) is 1.00. The molecule has 0 amide bonds. The molecule has 0 radical (unpaired) electrons. The molecule has 3 unspecified atom stereocenters. The summed E-state index contributed by atoms with van der Waals surface area (Å²) in [5.41, 5.74) is 2.27. The lowest BCUT2D eigenvalue weighted by Crippen LogP contribution is -2.24. The summed E-state index contributed by atoms with van der Waals surface area (Å²) in [7, 11) is 0. The molecule has 0 heterocycles. The molecule has 1 saturated carbocycles. The van der Waals surface area contributed by atoms with Crippen LogP contribution < -0.4 is 5.48 Å². The Morgan fingerprint density at radius 3 is 2.58 bits per heavy atom. The molecular formula is C8H16N2O2. The Bertz CT molecular complexity index is 152. The van der Waals surface area contributed by atoms with Gasteiger partial charge in [0.05, 0.1) is 6.04 Å². The number of hydrogen-bond donors (Lipinski definition) is 2. The van der Waals surface area contributed by atoms with E-state index in [4.69, 9.17) is 5.21 Å². The van der Waals surface area contributed by atoms with Crippen molar-refractivity contribution in [2.45, 2.75) is 44.7 Å². The van der Waals surface area contributed by atoms with E-state index in [1.54, 1.807) is 0 Å². The second-order valence-electron chi connectivity index (χ2n) is 3.63. The van der Waals surface area contributed by atoms with Crippen molar-refractivity contribution in [3.05, 3.63) is 4.91 Å². The molecule has 0 aliphatic heterocycles. The van der Waals surface area contributed by atoms with Crippen molar-refractivity contribution in [3.8, 4) is 0 Å². The molecule has 4 heteroatoms. The van der Waals surface area contributed by atoms with Gasteiger partial charge in [-0.15, -0.1) is 0 Å². The summed E-state index contributed by atoms with van der Waals surface area (Å²) in [6, 6.07) is 0.0996. The van der Waals surface area contributed by atoms with Crippen molar-refractivity contribution < 1.29 is 5.21 Å². The van der Waals surface area contributed by atoms with E-state index in [1.165, 1.54) is 0 Å². The maximum absolute atomic E-state index is 10.4. The molecule has 0 bridgehead atoms. The maximum Gasteiger partial charge on any atom is 0.0945 e. The number of nitrogens with one attached hydrogen (secondary N) is 1. The molecule has 0 aromatic rings. The van der Waals surface area contributed by atoms with Crippen molar-refractivity contribution in [2.75, 3.05) is 0 Å². The van der Waals surface area contributed by atoms with Gasteiger partial charge in [-0.3, -0.25) is 0 Å². The highest BCUT2D eigenvalue weighted by atomic mass is 16.5. The van der Waals surface area contributed by atoms with Gasteiger partial charge in [-0.1, -0.05) is 12.1 Å². The Balaban J connectivity index is 2.46. The third-order valence-electron chi connectivity index (χ3n) is 2.76. The molecule has 0 spiro atoms. The molecule has 1 rings (SSSR count). The van der Waals surface area contributed by atoms with Crippen molar-refractivity contribution in [1.29, 1.82) is 0 Å². The van der Waals surface area contributed by atoms with Gasteiger partial charge in [-0.25, -0.2) is 5.48 Å². The van der Waals surface area contributed by atoms with E-state index in [0.29, 0.717) is 5.92 Å². The first-order valence-corrected chi connectivity index (χ1v) is 4.50. The van der Waals surface area contributed by atoms with Crippen LogP contribution in [-0.2, 0) is 0 Å². The zero-order chi connectivity index (χ0) is 8.97. The van der Waals surface area contributed by atoms with Crippen LogP contribution in [0.25, 0.3) is 0 Å². The van der Waals surface area contributed by atoms with Gasteiger partial charge in [0.1, 0.15) is 0 Å². The van der Waals surface area contributed by atoms with Crippen LogP contribution in [0.4, 0.5) is 0 Å². The van der Waals surface area contributed by atoms with Crippen molar-refractivity contribution in [2.24, 2.45) is 11.1 Å². The number of hydroxylamine groups is 1. The van der Waals surface area contributed by atoms with Crippen LogP contribution in [0.1, 0.15) is 32.6 Å². The van der Waals surface area contributed by atoms with E-state index in [1.807, 2.05) is 6.92 Å². The van der Waals surface area contributed by atoms with Gasteiger partial charge < -0.3 is 5.21 Å². The molecule has 0 aromatic heterocycles. The minimum atomic E-state index is -0.0525. The molecule has 1 aliphatic rings. The molecule has 70 valence electrons. The van der Waals surface area contributed by atoms with Gasteiger partial charge in [0.15, 0.2) is 0 Å². The lowest BCUT2D eigenvalue weighted by atomic mass is 9.98. The first-order valence-electron chi connectivity index (χ1n) is 4.50. The maximum atomic E-state index is 10.4. The smallest absolute Gasteiger partial charge is 0.0945 e. The largest absolute Gasteiger partial charge is 0.317 e. The predicted molar refractivity (Wildman–Crippen MR) is 45.9 cm³/mol. The summed E-state index contributed by atoms with van der Waals surface area (Å²) < 4.78 is 0. The third kappa shape index (κ3) is 2.25. The van der Waals surface area contributed by atoms with E-state index in [-0.39, 0.29) is 12.1 Å². The summed E-state index contributed by atoms with van der Waals surface area (Å²) in [4.78, 5) is 10.4. The normalized spacial score (nSPS) is 37.3. The molecule has 4 nitrogen and oxygen atoms in total. The molecule has 0 saturated heterocycles. The predicted octanol–water partition coefficient (Wildman–Crippen LogP) is 1.68.